The summed E-state index contributed by atoms with van der Waals surface area (Å²) in [5.41, 5.74) is 0.246. The third-order valence-corrected chi connectivity index (χ3v) is 7.90. The minimum absolute atomic E-state index is 0.246. The van der Waals surface area contributed by atoms with E-state index in [4.69, 9.17) is 4.74 Å². The van der Waals surface area contributed by atoms with Crippen molar-refractivity contribution in [1.29, 1.82) is 0 Å². The normalized spacial score (nSPS) is 31.9. The Kier molecular flexibility index (Phi) is 11.4. The van der Waals surface area contributed by atoms with Crippen LogP contribution < -0.4 is 0 Å². The summed E-state index contributed by atoms with van der Waals surface area (Å²) in [7, 11) is 0. The topological polar surface area (TPSA) is 9.23 Å². The van der Waals surface area contributed by atoms with E-state index in [9.17, 15) is 0 Å². The Labute approximate surface area is 171 Å². The molecule has 0 atom stereocenters. The van der Waals surface area contributed by atoms with Gasteiger partial charge in [-0.05, 0) is 69.6 Å². The summed E-state index contributed by atoms with van der Waals surface area (Å²) in [6, 6.07) is 0. The predicted molar refractivity (Wildman–Crippen MR) is 119 cm³/mol. The maximum Gasteiger partial charge on any atom is 0.0682 e. The van der Waals surface area contributed by atoms with Gasteiger partial charge in [0, 0.05) is 6.61 Å². The van der Waals surface area contributed by atoms with Crippen LogP contribution in [0, 0.1) is 17.8 Å². The summed E-state index contributed by atoms with van der Waals surface area (Å²) in [6.45, 7) is 7.73. The van der Waals surface area contributed by atoms with Crippen molar-refractivity contribution < 1.29 is 4.74 Å². The predicted octanol–water partition coefficient (Wildman–Crippen LogP) is 8.70. The lowest BCUT2D eigenvalue weighted by Gasteiger charge is -2.44. The quantitative estimate of drug-likeness (QED) is 0.291. The fraction of sp³-hybridized carbons (Fsp3) is 1.00. The average molecular weight is 379 g/mol. The molecule has 160 valence electrons. The van der Waals surface area contributed by atoms with E-state index in [2.05, 4.69) is 20.8 Å². The Morgan fingerprint density at radius 2 is 1.26 bits per heavy atom. The monoisotopic (exact) mass is 378 g/mol. The molecule has 0 heterocycles. The van der Waals surface area contributed by atoms with Crippen LogP contribution in [0.25, 0.3) is 0 Å². The molecule has 0 aromatic heterocycles. The van der Waals surface area contributed by atoms with E-state index in [-0.39, 0.29) is 5.60 Å². The molecule has 0 aromatic rings. The van der Waals surface area contributed by atoms with Crippen LogP contribution in [0.15, 0.2) is 0 Å². The maximum atomic E-state index is 6.37. The van der Waals surface area contributed by atoms with Crippen LogP contribution in [0.5, 0.6) is 0 Å². The molecule has 0 amide bonds. The van der Waals surface area contributed by atoms with E-state index in [0.717, 1.165) is 24.4 Å². The van der Waals surface area contributed by atoms with Gasteiger partial charge in [0.1, 0.15) is 0 Å². The van der Waals surface area contributed by atoms with E-state index in [1.165, 1.54) is 116 Å². The molecule has 2 rings (SSSR count). The first-order valence-corrected chi connectivity index (χ1v) is 12.9. The lowest BCUT2D eigenvalue weighted by Crippen LogP contribution is -2.39. The third-order valence-electron chi connectivity index (χ3n) is 7.90. The molecular formula is C26H50O. The zero-order valence-corrected chi connectivity index (χ0v) is 19.1. The van der Waals surface area contributed by atoms with Crippen LogP contribution in [0.4, 0.5) is 0 Å². The second kappa shape index (κ2) is 13.2. The van der Waals surface area contributed by atoms with Crippen molar-refractivity contribution in [3.63, 3.8) is 0 Å². The molecule has 1 nitrogen and oxygen atoms in total. The van der Waals surface area contributed by atoms with Crippen molar-refractivity contribution in [2.45, 2.75) is 142 Å². The van der Waals surface area contributed by atoms with Crippen LogP contribution in [-0.2, 0) is 4.74 Å². The summed E-state index contributed by atoms with van der Waals surface area (Å²) >= 11 is 0. The van der Waals surface area contributed by atoms with E-state index in [1.54, 1.807) is 0 Å². The van der Waals surface area contributed by atoms with Crippen LogP contribution >= 0.6 is 0 Å². The Bertz CT molecular complexity index is 347. The molecule has 0 spiro atoms. The van der Waals surface area contributed by atoms with E-state index < -0.39 is 0 Å². The van der Waals surface area contributed by atoms with Crippen LogP contribution in [0.3, 0.4) is 0 Å². The molecule has 2 aliphatic carbocycles. The molecular weight excluding hydrogens is 328 g/mol. The van der Waals surface area contributed by atoms with Gasteiger partial charge < -0.3 is 4.74 Å². The van der Waals surface area contributed by atoms with Crippen LogP contribution in [0.2, 0.25) is 0 Å². The number of hydrogen-bond donors (Lipinski definition) is 0. The number of hydrogen-bond acceptors (Lipinski definition) is 1. The second-order valence-electron chi connectivity index (χ2n) is 9.89. The van der Waals surface area contributed by atoms with Crippen molar-refractivity contribution in [2.75, 3.05) is 6.61 Å². The maximum absolute atomic E-state index is 6.37. The highest BCUT2D eigenvalue weighted by molar-refractivity contribution is 4.90. The van der Waals surface area contributed by atoms with Gasteiger partial charge in [-0.2, -0.15) is 0 Å². The third kappa shape index (κ3) is 8.08. The fourth-order valence-electron chi connectivity index (χ4n) is 6.09. The average Bonchev–Trinajstić information content (AvgIpc) is 2.70. The summed E-state index contributed by atoms with van der Waals surface area (Å²) in [4.78, 5) is 0. The van der Waals surface area contributed by atoms with Crippen LogP contribution in [0.1, 0.15) is 136 Å². The van der Waals surface area contributed by atoms with Crippen molar-refractivity contribution in [3.05, 3.63) is 0 Å². The first-order chi connectivity index (χ1) is 13.2. The van der Waals surface area contributed by atoms with Crippen molar-refractivity contribution in [3.8, 4) is 0 Å². The standard InChI is InChI=1S/C26H50O/c1-4-7-9-11-13-23-14-16-24(17-15-23)25-18-21-26(22-19-25,27-6-3)20-12-10-8-5-2/h23-25H,4-22H2,1-3H3/t23?,24?,25-,26+. The lowest BCUT2D eigenvalue weighted by atomic mass is 9.67. The zero-order valence-electron chi connectivity index (χ0n) is 19.1. The minimum Gasteiger partial charge on any atom is -0.375 e. The van der Waals surface area contributed by atoms with Crippen LogP contribution in [-0.4, -0.2) is 12.2 Å². The van der Waals surface area contributed by atoms with Gasteiger partial charge in [-0.3, -0.25) is 0 Å². The van der Waals surface area contributed by atoms with Gasteiger partial charge in [0.2, 0.25) is 0 Å². The molecule has 0 unspecified atom stereocenters. The Hall–Kier alpha value is -0.0400. The highest BCUT2D eigenvalue weighted by atomic mass is 16.5. The van der Waals surface area contributed by atoms with Crippen molar-refractivity contribution in [2.24, 2.45) is 17.8 Å². The Morgan fingerprint density at radius 3 is 1.85 bits per heavy atom. The Morgan fingerprint density at radius 1 is 0.667 bits per heavy atom. The first kappa shape index (κ1) is 23.2. The van der Waals surface area contributed by atoms with Gasteiger partial charge in [-0.25, -0.2) is 0 Å². The molecule has 0 bridgehead atoms. The number of rotatable bonds is 13. The smallest absolute Gasteiger partial charge is 0.0682 e. The minimum atomic E-state index is 0.246. The number of ether oxygens (including phenoxy) is 1. The molecule has 1 heteroatoms. The van der Waals surface area contributed by atoms with Gasteiger partial charge in [-0.15, -0.1) is 0 Å². The fourth-order valence-corrected chi connectivity index (χ4v) is 6.09. The summed E-state index contributed by atoms with van der Waals surface area (Å²) in [5.74, 6) is 3.11. The first-order valence-electron chi connectivity index (χ1n) is 12.9. The van der Waals surface area contributed by atoms with Crippen molar-refractivity contribution in [1.82, 2.24) is 0 Å². The zero-order chi connectivity index (χ0) is 19.4. The van der Waals surface area contributed by atoms with E-state index in [1.807, 2.05) is 0 Å². The van der Waals surface area contributed by atoms with Gasteiger partial charge in [-0.1, -0.05) is 84.5 Å². The largest absolute Gasteiger partial charge is 0.375 e. The molecule has 27 heavy (non-hydrogen) atoms. The SMILES string of the molecule is CCCCCCC1CCC([C@H]2CC[C@@](CCCCCC)(OCC)CC2)CC1. The number of unbranched alkanes of at least 4 members (excludes halogenated alkanes) is 6. The molecule has 2 aliphatic rings. The summed E-state index contributed by atoms with van der Waals surface area (Å²) < 4.78 is 6.37. The highest BCUT2D eigenvalue weighted by Crippen LogP contribution is 2.45. The molecule has 0 aliphatic heterocycles. The van der Waals surface area contributed by atoms with Crippen molar-refractivity contribution >= 4 is 0 Å². The van der Waals surface area contributed by atoms with E-state index >= 15 is 0 Å². The summed E-state index contributed by atoms with van der Waals surface area (Å²) in [5, 5.41) is 0. The van der Waals surface area contributed by atoms with Gasteiger partial charge in [0.15, 0.2) is 0 Å². The molecule has 0 aromatic carbocycles. The van der Waals surface area contributed by atoms with E-state index in [0.29, 0.717) is 0 Å². The van der Waals surface area contributed by atoms with Gasteiger partial charge in [0.25, 0.3) is 0 Å². The molecule has 0 N–H and O–H groups in total. The molecule has 0 radical (unpaired) electrons. The Balaban J connectivity index is 1.68. The molecule has 2 saturated carbocycles. The molecule has 2 fully saturated rings. The summed E-state index contributed by atoms with van der Waals surface area (Å²) in [6.07, 6.45) is 25.8. The van der Waals surface area contributed by atoms with Gasteiger partial charge in [0.05, 0.1) is 5.60 Å². The van der Waals surface area contributed by atoms with Gasteiger partial charge >= 0.3 is 0 Å². The lowest BCUT2D eigenvalue weighted by molar-refractivity contribution is -0.0855. The molecule has 0 saturated heterocycles. The second-order valence-corrected chi connectivity index (χ2v) is 9.89. The highest BCUT2D eigenvalue weighted by Gasteiger charge is 2.38.